The van der Waals surface area contributed by atoms with Crippen molar-refractivity contribution in [1.29, 1.82) is 0 Å². The number of aromatic hydroxyl groups is 2. The molecule has 0 aromatic heterocycles. The summed E-state index contributed by atoms with van der Waals surface area (Å²) in [6.07, 6.45) is 0. The lowest BCUT2D eigenvalue weighted by Gasteiger charge is -2.31. The van der Waals surface area contributed by atoms with E-state index in [1.165, 1.54) is 10.4 Å². The summed E-state index contributed by atoms with van der Waals surface area (Å²) >= 11 is 0. The molecule has 55 heavy (non-hydrogen) atoms. The molecule has 0 atom stereocenters. The van der Waals surface area contributed by atoms with Crippen LogP contribution in [0.4, 0.5) is 0 Å². The number of phenolic OH excluding ortho intramolecular Hbond substituents is 2. The monoisotopic (exact) mass is 718 g/mol. The standard InChI is InChI=1S/C52H34O2Si/c53-45-29-27-41-33-37(21-25-43(41)35-45)23-31-49-51(39-13-5-1-6-14-39)52(40-15-7-2-8-16-40)50(32-24-38-22-26-44-36-46(54)30-28-42(44)34-38)55(49,47-17-9-3-10-18-47)48-19-11-4-12-20-48/h1-22,25-30,33-36,53-54H. The molecule has 9 rings (SSSR count). The lowest BCUT2D eigenvalue weighted by molar-refractivity contribution is 0.475. The second kappa shape index (κ2) is 14.3. The molecule has 1 heterocycles. The normalized spacial score (nSPS) is 13.3. The first-order valence-electron chi connectivity index (χ1n) is 18.3. The van der Waals surface area contributed by atoms with E-state index in [0.29, 0.717) is 0 Å². The molecular formula is C52H34O2Si. The van der Waals surface area contributed by atoms with Gasteiger partial charge in [0, 0.05) is 21.5 Å². The second-order valence-corrected chi connectivity index (χ2v) is 17.4. The SMILES string of the molecule is Oc1ccc2cc(C#CC3=C(c4ccccc4)C(c4ccccc4)=C(C#Cc4ccc5cc(O)ccc5c4)[Si]3(c3ccccc3)c3ccccc3)ccc2c1. The Morgan fingerprint density at radius 2 is 0.673 bits per heavy atom. The molecule has 0 bridgehead atoms. The summed E-state index contributed by atoms with van der Waals surface area (Å²) < 4.78 is 0. The Morgan fingerprint density at radius 1 is 0.327 bits per heavy atom. The van der Waals surface area contributed by atoms with Crippen LogP contribution in [0.25, 0.3) is 32.7 Å². The van der Waals surface area contributed by atoms with E-state index in [2.05, 4.69) is 157 Å². The van der Waals surface area contributed by atoms with Gasteiger partial charge < -0.3 is 10.2 Å². The summed E-state index contributed by atoms with van der Waals surface area (Å²) in [5.74, 6) is 15.5. The topological polar surface area (TPSA) is 40.5 Å². The Labute approximate surface area is 322 Å². The molecule has 0 spiro atoms. The van der Waals surface area contributed by atoms with Gasteiger partial charge in [0.1, 0.15) is 11.5 Å². The summed E-state index contributed by atoms with van der Waals surface area (Å²) in [6, 6.07) is 66.1. The number of hydrogen-bond acceptors (Lipinski definition) is 2. The van der Waals surface area contributed by atoms with Crippen LogP contribution in [0, 0.1) is 23.7 Å². The van der Waals surface area contributed by atoms with Gasteiger partial charge >= 0.3 is 0 Å². The molecule has 8 aromatic carbocycles. The molecule has 0 radical (unpaired) electrons. The van der Waals surface area contributed by atoms with Crippen molar-refractivity contribution in [3.05, 3.63) is 227 Å². The first kappa shape index (κ1) is 33.5. The molecule has 0 saturated heterocycles. The van der Waals surface area contributed by atoms with Crippen LogP contribution in [0.1, 0.15) is 22.3 Å². The highest BCUT2D eigenvalue weighted by atomic mass is 28.3. The highest BCUT2D eigenvalue weighted by Crippen LogP contribution is 2.48. The fourth-order valence-electron chi connectivity index (χ4n) is 7.86. The van der Waals surface area contributed by atoms with Crippen molar-refractivity contribution in [3.63, 3.8) is 0 Å². The van der Waals surface area contributed by atoms with Gasteiger partial charge in [-0.15, -0.1) is 0 Å². The Kier molecular flexibility index (Phi) is 8.69. The molecule has 2 N–H and O–H groups in total. The quantitative estimate of drug-likeness (QED) is 0.141. The van der Waals surface area contributed by atoms with Crippen LogP contribution in [-0.4, -0.2) is 18.3 Å². The molecule has 1 aliphatic heterocycles. The van der Waals surface area contributed by atoms with E-state index in [1.54, 1.807) is 24.3 Å². The van der Waals surface area contributed by atoms with Crippen molar-refractivity contribution in [3.8, 4) is 35.2 Å². The fraction of sp³-hybridized carbons (Fsp3) is 0. The van der Waals surface area contributed by atoms with Crippen LogP contribution in [0.2, 0.25) is 0 Å². The predicted molar refractivity (Wildman–Crippen MR) is 230 cm³/mol. The van der Waals surface area contributed by atoms with E-state index in [0.717, 1.165) is 65.3 Å². The van der Waals surface area contributed by atoms with Gasteiger partial charge in [0.25, 0.3) is 0 Å². The molecule has 0 amide bonds. The summed E-state index contributed by atoms with van der Waals surface area (Å²) in [6.45, 7) is 0. The molecule has 1 aliphatic rings. The summed E-state index contributed by atoms with van der Waals surface area (Å²) in [5.41, 5.74) is 6.16. The zero-order valence-corrected chi connectivity index (χ0v) is 30.9. The summed E-state index contributed by atoms with van der Waals surface area (Å²) in [5, 5.41) is 28.8. The minimum Gasteiger partial charge on any atom is -0.508 e. The Hall–Kier alpha value is -7.30. The average Bonchev–Trinajstić information content (AvgIpc) is 3.54. The first-order valence-corrected chi connectivity index (χ1v) is 20.3. The Morgan fingerprint density at radius 3 is 1.07 bits per heavy atom. The predicted octanol–water partition coefficient (Wildman–Crippen LogP) is 10.1. The van der Waals surface area contributed by atoms with Crippen molar-refractivity contribution in [2.45, 2.75) is 0 Å². The lowest BCUT2D eigenvalue weighted by Crippen LogP contribution is -2.60. The van der Waals surface area contributed by atoms with Crippen LogP contribution in [0.3, 0.4) is 0 Å². The van der Waals surface area contributed by atoms with E-state index >= 15 is 0 Å². The zero-order valence-electron chi connectivity index (χ0n) is 29.9. The fourth-order valence-corrected chi connectivity index (χ4v) is 12.8. The minimum atomic E-state index is -3.22. The van der Waals surface area contributed by atoms with Crippen LogP contribution in [0.15, 0.2) is 205 Å². The van der Waals surface area contributed by atoms with Gasteiger partial charge in [0.15, 0.2) is 8.07 Å². The molecule has 8 aromatic rings. The molecule has 258 valence electrons. The Balaban J connectivity index is 1.40. The van der Waals surface area contributed by atoms with Crippen LogP contribution in [-0.2, 0) is 0 Å². The average molecular weight is 719 g/mol. The third-order valence-corrected chi connectivity index (χ3v) is 15.0. The van der Waals surface area contributed by atoms with E-state index < -0.39 is 8.07 Å². The smallest absolute Gasteiger partial charge is 0.199 e. The zero-order chi connectivity index (χ0) is 37.2. The number of hydrogen-bond donors (Lipinski definition) is 2. The molecule has 0 fully saturated rings. The molecular weight excluding hydrogens is 685 g/mol. The molecule has 0 saturated carbocycles. The second-order valence-electron chi connectivity index (χ2n) is 13.7. The maximum atomic E-state index is 10.1. The van der Waals surface area contributed by atoms with Gasteiger partial charge in [0.05, 0.1) is 0 Å². The van der Waals surface area contributed by atoms with Crippen molar-refractivity contribution in [2.24, 2.45) is 0 Å². The van der Waals surface area contributed by atoms with Crippen LogP contribution in [0.5, 0.6) is 11.5 Å². The highest BCUT2D eigenvalue weighted by molar-refractivity contribution is 7.16. The molecule has 3 heteroatoms. The van der Waals surface area contributed by atoms with Crippen LogP contribution >= 0.6 is 0 Å². The number of allylic oxidation sites excluding steroid dienone is 4. The lowest BCUT2D eigenvalue weighted by atomic mass is 9.91. The van der Waals surface area contributed by atoms with Crippen LogP contribution < -0.4 is 10.4 Å². The number of benzene rings is 8. The van der Waals surface area contributed by atoms with Crippen molar-refractivity contribution >= 4 is 51.1 Å². The number of phenols is 2. The third kappa shape index (κ3) is 6.20. The Bertz CT molecular complexity index is 2720. The third-order valence-electron chi connectivity index (χ3n) is 10.3. The van der Waals surface area contributed by atoms with Gasteiger partial charge in [-0.3, -0.25) is 0 Å². The van der Waals surface area contributed by atoms with Crippen molar-refractivity contribution in [1.82, 2.24) is 0 Å². The number of fused-ring (bicyclic) bond motifs is 2. The first-order chi connectivity index (χ1) is 27.1. The van der Waals surface area contributed by atoms with E-state index in [4.69, 9.17) is 0 Å². The maximum Gasteiger partial charge on any atom is 0.199 e. The van der Waals surface area contributed by atoms with E-state index in [1.807, 2.05) is 36.4 Å². The summed E-state index contributed by atoms with van der Waals surface area (Å²) in [4.78, 5) is 0. The molecule has 0 aliphatic carbocycles. The number of rotatable bonds is 4. The largest absolute Gasteiger partial charge is 0.508 e. The van der Waals surface area contributed by atoms with Crippen molar-refractivity contribution in [2.75, 3.05) is 0 Å². The molecule has 0 unspecified atom stereocenters. The minimum absolute atomic E-state index is 0.243. The maximum absolute atomic E-state index is 10.1. The van der Waals surface area contributed by atoms with Crippen molar-refractivity contribution < 1.29 is 10.2 Å². The van der Waals surface area contributed by atoms with Gasteiger partial charge in [0.2, 0.25) is 0 Å². The van der Waals surface area contributed by atoms with Gasteiger partial charge in [-0.2, -0.15) is 0 Å². The van der Waals surface area contributed by atoms with E-state index in [-0.39, 0.29) is 11.5 Å². The van der Waals surface area contributed by atoms with Gasteiger partial charge in [-0.1, -0.05) is 169 Å². The van der Waals surface area contributed by atoms with Gasteiger partial charge in [-0.05, 0) is 103 Å². The molecule has 2 nitrogen and oxygen atoms in total. The summed E-state index contributed by atoms with van der Waals surface area (Å²) in [7, 11) is -3.22. The van der Waals surface area contributed by atoms with E-state index in [9.17, 15) is 10.2 Å². The highest BCUT2D eigenvalue weighted by Gasteiger charge is 2.52. The van der Waals surface area contributed by atoms with Gasteiger partial charge in [-0.25, -0.2) is 0 Å².